The van der Waals surface area contributed by atoms with Crippen molar-refractivity contribution in [2.45, 2.75) is 13.1 Å². The lowest BCUT2D eigenvalue weighted by atomic mass is 10.1. The Morgan fingerprint density at radius 3 is 2.43 bits per heavy atom. The number of methoxy groups -OCH3 is 1. The van der Waals surface area contributed by atoms with Crippen molar-refractivity contribution in [3.63, 3.8) is 0 Å². The van der Waals surface area contributed by atoms with E-state index in [-0.39, 0.29) is 16.9 Å². The van der Waals surface area contributed by atoms with Crippen LogP contribution in [0.15, 0.2) is 36.4 Å². The van der Waals surface area contributed by atoms with Gasteiger partial charge in [-0.05, 0) is 36.9 Å². The quantitative estimate of drug-likeness (QED) is 0.720. The van der Waals surface area contributed by atoms with Crippen LogP contribution in [0.3, 0.4) is 0 Å². The maximum absolute atomic E-state index is 13.8. The van der Waals surface area contributed by atoms with Crippen LogP contribution in [0, 0.1) is 0 Å². The van der Waals surface area contributed by atoms with E-state index in [2.05, 4.69) is 10.2 Å². The summed E-state index contributed by atoms with van der Waals surface area (Å²) in [7, 11) is 1.44. The molecule has 1 fully saturated rings. The van der Waals surface area contributed by atoms with Crippen LogP contribution in [0.5, 0.6) is 5.75 Å². The molecular weight excluding hydrogens is 397 g/mol. The van der Waals surface area contributed by atoms with Crippen LogP contribution < -0.4 is 20.7 Å². The van der Waals surface area contributed by atoms with Crippen molar-refractivity contribution in [3.05, 3.63) is 47.5 Å². The summed E-state index contributed by atoms with van der Waals surface area (Å²) >= 11 is 0. The standard InChI is InChI=1S/C21H25F3N4O2/c1-3-27-6-8-28(9-7-27)19-5-4-16(13-18(19)21(22,23)24)26-20(29)14-10-15(25)12-17(11-14)30-2/h4-5,10-13H,3,6-9,25H2,1-2H3,(H,26,29). The number of hydrogen-bond acceptors (Lipinski definition) is 5. The summed E-state index contributed by atoms with van der Waals surface area (Å²) in [5, 5.41) is 2.52. The average Bonchev–Trinajstić information content (AvgIpc) is 2.72. The summed E-state index contributed by atoms with van der Waals surface area (Å²) in [6.07, 6.45) is -4.54. The second-order valence-electron chi connectivity index (χ2n) is 7.10. The Bertz CT molecular complexity index is 910. The minimum atomic E-state index is -4.54. The highest BCUT2D eigenvalue weighted by atomic mass is 19.4. The van der Waals surface area contributed by atoms with E-state index < -0.39 is 17.6 Å². The van der Waals surface area contributed by atoms with Gasteiger partial charge in [0.15, 0.2) is 0 Å². The number of rotatable bonds is 5. The summed E-state index contributed by atoms with van der Waals surface area (Å²) in [6, 6.07) is 8.33. The van der Waals surface area contributed by atoms with Crippen LogP contribution in [0.25, 0.3) is 0 Å². The lowest BCUT2D eigenvalue weighted by Crippen LogP contribution is -2.46. The molecule has 0 radical (unpaired) electrons. The van der Waals surface area contributed by atoms with Gasteiger partial charge in [-0.15, -0.1) is 0 Å². The van der Waals surface area contributed by atoms with Gasteiger partial charge in [0.25, 0.3) is 5.91 Å². The highest BCUT2D eigenvalue weighted by molar-refractivity contribution is 6.05. The number of alkyl halides is 3. The zero-order chi connectivity index (χ0) is 21.9. The number of amides is 1. The molecule has 3 rings (SSSR count). The third-order valence-electron chi connectivity index (χ3n) is 5.15. The van der Waals surface area contributed by atoms with Crippen molar-refractivity contribution >= 4 is 23.0 Å². The van der Waals surface area contributed by atoms with Crippen LogP contribution >= 0.6 is 0 Å². The van der Waals surface area contributed by atoms with E-state index in [1.165, 1.54) is 31.4 Å². The van der Waals surface area contributed by atoms with Gasteiger partial charge in [0, 0.05) is 54.9 Å². The third-order valence-corrected chi connectivity index (χ3v) is 5.15. The summed E-state index contributed by atoms with van der Waals surface area (Å²) < 4.78 is 46.3. The molecule has 1 aliphatic heterocycles. The number of nitrogens with zero attached hydrogens (tertiary/aromatic N) is 2. The Hall–Kier alpha value is -2.94. The Morgan fingerprint density at radius 2 is 1.83 bits per heavy atom. The minimum absolute atomic E-state index is 0.0599. The highest BCUT2D eigenvalue weighted by Crippen LogP contribution is 2.38. The summed E-state index contributed by atoms with van der Waals surface area (Å²) in [6.45, 7) is 5.37. The molecule has 0 bridgehead atoms. The highest BCUT2D eigenvalue weighted by Gasteiger charge is 2.36. The minimum Gasteiger partial charge on any atom is -0.497 e. The molecule has 30 heavy (non-hydrogen) atoms. The van der Waals surface area contributed by atoms with Gasteiger partial charge in [-0.3, -0.25) is 4.79 Å². The van der Waals surface area contributed by atoms with Crippen LogP contribution in [-0.4, -0.2) is 50.6 Å². The molecule has 1 heterocycles. The number of ether oxygens (including phenoxy) is 1. The van der Waals surface area contributed by atoms with Crippen LogP contribution in [-0.2, 0) is 6.18 Å². The number of hydrogen-bond donors (Lipinski definition) is 2. The Kier molecular flexibility index (Phi) is 6.40. The molecule has 1 amide bonds. The van der Waals surface area contributed by atoms with Gasteiger partial charge in [-0.25, -0.2) is 0 Å². The first kappa shape index (κ1) is 21.8. The zero-order valence-corrected chi connectivity index (χ0v) is 16.9. The first-order valence-electron chi connectivity index (χ1n) is 9.65. The molecule has 0 aromatic heterocycles. The second-order valence-corrected chi connectivity index (χ2v) is 7.10. The zero-order valence-electron chi connectivity index (χ0n) is 16.9. The van der Waals surface area contributed by atoms with E-state index in [1.54, 1.807) is 11.0 Å². The van der Waals surface area contributed by atoms with Gasteiger partial charge in [0.05, 0.1) is 12.7 Å². The number of nitrogen functional groups attached to an aromatic ring is 1. The number of benzene rings is 2. The van der Waals surface area contributed by atoms with Gasteiger partial charge in [0.2, 0.25) is 0 Å². The first-order valence-corrected chi connectivity index (χ1v) is 9.65. The Morgan fingerprint density at radius 1 is 1.13 bits per heavy atom. The van der Waals surface area contributed by atoms with Gasteiger partial charge in [0.1, 0.15) is 5.75 Å². The maximum Gasteiger partial charge on any atom is 0.418 e. The number of halogens is 3. The second kappa shape index (κ2) is 8.83. The molecule has 0 saturated carbocycles. The largest absolute Gasteiger partial charge is 0.497 e. The SMILES string of the molecule is CCN1CCN(c2ccc(NC(=O)c3cc(N)cc(OC)c3)cc2C(F)(F)F)CC1. The number of carbonyl (C=O) groups excluding carboxylic acids is 1. The number of nitrogens with one attached hydrogen (secondary N) is 1. The molecule has 2 aromatic rings. The molecule has 2 aromatic carbocycles. The predicted octanol–water partition coefficient (Wildman–Crippen LogP) is 3.69. The lowest BCUT2D eigenvalue weighted by Gasteiger charge is -2.36. The Labute approximate surface area is 173 Å². The monoisotopic (exact) mass is 422 g/mol. The van der Waals surface area contributed by atoms with Crippen LogP contribution in [0.4, 0.5) is 30.2 Å². The summed E-state index contributed by atoms with van der Waals surface area (Å²) in [5.41, 5.74) is 5.68. The van der Waals surface area contributed by atoms with E-state index in [9.17, 15) is 18.0 Å². The molecular formula is C21H25F3N4O2. The normalized spacial score (nSPS) is 15.2. The molecule has 9 heteroatoms. The van der Waals surface area contributed by atoms with Gasteiger partial charge in [-0.1, -0.05) is 6.92 Å². The van der Waals surface area contributed by atoms with Gasteiger partial charge >= 0.3 is 6.18 Å². The van der Waals surface area contributed by atoms with E-state index in [0.717, 1.165) is 12.6 Å². The molecule has 162 valence electrons. The van der Waals surface area contributed by atoms with Gasteiger partial charge < -0.3 is 25.6 Å². The van der Waals surface area contributed by atoms with Crippen molar-refractivity contribution in [1.82, 2.24) is 4.90 Å². The summed E-state index contributed by atoms with van der Waals surface area (Å²) in [4.78, 5) is 16.5. The lowest BCUT2D eigenvalue weighted by molar-refractivity contribution is -0.137. The number of likely N-dealkylation sites (N-methyl/N-ethyl adjacent to an activating group) is 1. The van der Waals surface area contributed by atoms with Crippen molar-refractivity contribution in [2.24, 2.45) is 0 Å². The average molecular weight is 422 g/mol. The summed E-state index contributed by atoms with van der Waals surface area (Å²) in [5.74, 6) is -0.185. The van der Waals surface area contributed by atoms with E-state index in [0.29, 0.717) is 37.6 Å². The number of carbonyl (C=O) groups is 1. The van der Waals surface area contributed by atoms with E-state index >= 15 is 0 Å². The third kappa shape index (κ3) is 4.96. The van der Waals surface area contributed by atoms with Crippen molar-refractivity contribution in [3.8, 4) is 5.75 Å². The van der Waals surface area contributed by atoms with E-state index in [4.69, 9.17) is 10.5 Å². The molecule has 0 unspecified atom stereocenters. The number of piperazine rings is 1. The molecule has 3 N–H and O–H groups in total. The van der Waals surface area contributed by atoms with Crippen LogP contribution in [0.2, 0.25) is 0 Å². The Balaban J connectivity index is 1.85. The molecule has 1 aliphatic rings. The fourth-order valence-electron chi connectivity index (χ4n) is 3.50. The fraction of sp³-hybridized carbons (Fsp3) is 0.381. The topological polar surface area (TPSA) is 70.8 Å². The van der Waals surface area contributed by atoms with Crippen molar-refractivity contribution in [1.29, 1.82) is 0 Å². The first-order chi connectivity index (χ1) is 14.2. The molecule has 1 saturated heterocycles. The smallest absolute Gasteiger partial charge is 0.418 e. The maximum atomic E-state index is 13.8. The van der Waals surface area contributed by atoms with Crippen molar-refractivity contribution < 1.29 is 22.7 Å². The number of anilines is 3. The number of nitrogens with two attached hydrogens (primary N) is 1. The molecule has 0 aliphatic carbocycles. The van der Waals surface area contributed by atoms with Gasteiger partial charge in [-0.2, -0.15) is 13.2 Å². The van der Waals surface area contributed by atoms with Crippen molar-refractivity contribution in [2.75, 3.05) is 55.8 Å². The molecule has 0 spiro atoms. The predicted molar refractivity (Wildman–Crippen MR) is 111 cm³/mol. The van der Waals surface area contributed by atoms with E-state index in [1.807, 2.05) is 6.92 Å². The fourth-order valence-corrected chi connectivity index (χ4v) is 3.50. The molecule has 0 atom stereocenters. The molecule has 6 nitrogen and oxygen atoms in total. The van der Waals surface area contributed by atoms with Crippen LogP contribution in [0.1, 0.15) is 22.8 Å².